The highest BCUT2D eigenvalue weighted by Crippen LogP contribution is 2.29. The first-order chi connectivity index (χ1) is 13.1. The smallest absolute Gasteiger partial charge is 0.233 e. The summed E-state index contributed by atoms with van der Waals surface area (Å²) in [6.07, 6.45) is 3.41. The number of para-hydroxylation sites is 3. The third-order valence-electron chi connectivity index (χ3n) is 5.35. The molecule has 0 radical (unpaired) electrons. The Bertz CT molecular complexity index is 927. The fourth-order valence-electron chi connectivity index (χ4n) is 4.04. The number of fused-ring (bicyclic) bond motifs is 1. The van der Waals surface area contributed by atoms with Gasteiger partial charge in [0.2, 0.25) is 5.91 Å². The number of aromatic nitrogens is 2. The highest BCUT2D eigenvalue weighted by molar-refractivity contribution is 7.99. The van der Waals surface area contributed by atoms with E-state index in [0.29, 0.717) is 17.8 Å². The molecule has 5 heteroatoms. The molecule has 1 saturated heterocycles. The Morgan fingerprint density at radius 2 is 1.70 bits per heavy atom. The molecule has 1 amide bonds. The van der Waals surface area contributed by atoms with E-state index in [4.69, 9.17) is 4.98 Å². The predicted octanol–water partition coefficient (Wildman–Crippen LogP) is 4.91. The summed E-state index contributed by atoms with van der Waals surface area (Å²) >= 11 is 1.53. The fourth-order valence-corrected chi connectivity index (χ4v) is 4.94. The number of carbonyl (C=O) groups excluding carboxylic acids is 1. The van der Waals surface area contributed by atoms with Crippen LogP contribution in [-0.2, 0) is 4.79 Å². The molecule has 0 aliphatic carbocycles. The number of thioether (sulfide) groups is 1. The molecule has 1 aliphatic heterocycles. The van der Waals surface area contributed by atoms with Crippen LogP contribution in [0, 0.1) is 0 Å². The third-order valence-corrected chi connectivity index (χ3v) is 6.27. The second kappa shape index (κ2) is 7.77. The molecule has 0 saturated carbocycles. The number of nitrogens with zero attached hydrogens (tertiary/aromatic N) is 3. The lowest BCUT2D eigenvalue weighted by Crippen LogP contribution is -2.48. The van der Waals surface area contributed by atoms with E-state index in [9.17, 15) is 4.79 Å². The van der Waals surface area contributed by atoms with Crippen LogP contribution in [0.15, 0.2) is 59.8 Å². The van der Waals surface area contributed by atoms with Gasteiger partial charge in [0.05, 0.1) is 16.8 Å². The normalized spacial score (nSPS) is 20.1. The summed E-state index contributed by atoms with van der Waals surface area (Å²) in [5.41, 5.74) is 3.09. The van der Waals surface area contributed by atoms with Gasteiger partial charge < -0.3 is 4.90 Å². The van der Waals surface area contributed by atoms with Crippen LogP contribution in [-0.4, -0.2) is 38.2 Å². The summed E-state index contributed by atoms with van der Waals surface area (Å²) in [6, 6.07) is 19.0. The number of likely N-dealkylation sites (tertiary alicyclic amines) is 1. The highest BCUT2D eigenvalue weighted by atomic mass is 32.2. The molecule has 1 aliphatic rings. The van der Waals surface area contributed by atoms with Crippen LogP contribution in [0.5, 0.6) is 0 Å². The Balaban J connectivity index is 1.61. The van der Waals surface area contributed by atoms with E-state index in [2.05, 4.69) is 41.5 Å². The average Bonchev–Trinajstić information content (AvgIpc) is 3.05. The second-order valence-corrected chi connectivity index (χ2v) is 8.22. The molecule has 27 heavy (non-hydrogen) atoms. The van der Waals surface area contributed by atoms with E-state index in [1.165, 1.54) is 18.2 Å². The average molecular weight is 380 g/mol. The zero-order valence-electron chi connectivity index (χ0n) is 15.8. The zero-order chi connectivity index (χ0) is 18.8. The van der Waals surface area contributed by atoms with Gasteiger partial charge in [0.15, 0.2) is 5.16 Å². The molecule has 1 fully saturated rings. The zero-order valence-corrected chi connectivity index (χ0v) is 16.7. The Labute approximate surface area is 164 Å². The van der Waals surface area contributed by atoms with Gasteiger partial charge in [0, 0.05) is 17.8 Å². The van der Waals surface area contributed by atoms with Gasteiger partial charge in [-0.3, -0.25) is 9.36 Å². The molecule has 0 N–H and O–H groups in total. The molecular formula is C22H25N3OS. The van der Waals surface area contributed by atoms with Gasteiger partial charge in [0.25, 0.3) is 0 Å². The number of hydrogen-bond donors (Lipinski definition) is 0. The number of piperidine rings is 1. The number of hydrogen-bond acceptors (Lipinski definition) is 3. The molecule has 1 aromatic heterocycles. The van der Waals surface area contributed by atoms with E-state index in [-0.39, 0.29) is 5.91 Å². The van der Waals surface area contributed by atoms with Crippen molar-refractivity contribution in [3.63, 3.8) is 0 Å². The minimum atomic E-state index is 0.214. The summed E-state index contributed by atoms with van der Waals surface area (Å²) in [7, 11) is 0. The molecule has 0 spiro atoms. The summed E-state index contributed by atoms with van der Waals surface area (Å²) < 4.78 is 2.15. The maximum Gasteiger partial charge on any atom is 0.233 e. The van der Waals surface area contributed by atoms with Crippen molar-refractivity contribution >= 4 is 28.7 Å². The molecular weight excluding hydrogens is 354 g/mol. The molecule has 0 bridgehead atoms. The van der Waals surface area contributed by atoms with Gasteiger partial charge in [-0.15, -0.1) is 0 Å². The molecule has 3 aromatic rings. The van der Waals surface area contributed by atoms with E-state index in [1.807, 2.05) is 36.4 Å². The van der Waals surface area contributed by atoms with E-state index in [0.717, 1.165) is 34.7 Å². The van der Waals surface area contributed by atoms with Crippen LogP contribution in [0.25, 0.3) is 16.7 Å². The van der Waals surface area contributed by atoms with Gasteiger partial charge in [-0.05, 0) is 57.4 Å². The summed E-state index contributed by atoms with van der Waals surface area (Å²) in [5, 5.41) is 0.869. The highest BCUT2D eigenvalue weighted by Gasteiger charge is 2.29. The van der Waals surface area contributed by atoms with Crippen molar-refractivity contribution in [1.29, 1.82) is 0 Å². The maximum atomic E-state index is 12.9. The fraction of sp³-hybridized carbons (Fsp3) is 0.364. The SMILES string of the molecule is C[C@H]1CCC[C@H](C)N1C(=O)CSc1nc2ccccc2n1-c1ccccc1. The molecule has 2 aromatic carbocycles. The number of imidazole rings is 1. The van der Waals surface area contributed by atoms with E-state index < -0.39 is 0 Å². The monoisotopic (exact) mass is 379 g/mol. The largest absolute Gasteiger partial charge is 0.337 e. The first-order valence-corrected chi connectivity index (χ1v) is 10.6. The first kappa shape index (κ1) is 18.1. The Morgan fingerprint density at radius 1 is 1.04 bits per heavy atom. The summed E-state index contributed by atoms with van der Waals surface area (Å²) in [6.45, 7) is 4.33. The second-order valence-electron chi connectivity index (χ2n) is 7.27. The number of benzene rings is 2. The summed E-state index contributed by atoms with van der Waals surface area (Å²) in [5.74, 6) is 0.636. The van der Waals surface area contributed by atoms with Crippen molar-refractivity contribution in [3.05, 3.63) is 54.6 Å². The van der Waals surface area contributed by atoms with Crippen molar-refractivity contribution in [1.82, 2.24) is 14.5 Å². The lowest BCUT2D eigenvalue weighted by molar-refractivity contribution is -0.134. The van der Waals surface area contributed by atoms with Crippen LogP contribution >= 0.6 is 11.8 Å². The quantitative estimate of drug-likeness (QED) is 0.605. The molecule has 2 heterocycles. The van der Waals surface area contributed by atoms with Gasteiger partial charge in [-0.25, -0.2) is 4.98 Å². The number of carbonyl (C=O) groups is 1. The maximum absolute atomic E-state index is 12.9. The Hall–Kier alpha value is -2.27. The van der Waals surface area contributed by atoms with Crippen molar-refractivity contribution in [3.8, 4) is 5.69 Å². The molecule has 140 valence electrons. The minimum absolute atomic E-state index is 0.214. The van der Waals surface area contributed by atoms with Gasteiger partial charge in [-0.1, -0.05) is 42.1 Å². The van der Waals surface area contributed by atoms with Crippen LogP contribution in [0.2, 0.25) is 0 Å². The van der Waals surface area contributed by atoms with Gasteiger partial charge in [-0.2, -0.15) is 0 Å². The van der Waals surface area contributed by atoms with Gasteiger partial charge >= 0.3 is 0 Å². The minimum Gasteiger partial charge on any atom is -0.337 e. The molecule has 2 atom stereocenters. The Kier molecular flexibility index (Phi) is 5.21. The standard InChI is InChI=1S/C22H25N3OS/c1-16-9-8-10-17(2)24(16)21(26)15-27-22-23-19-13-6-7-14-20(19)25(22)18-11-4-3-5-12-18/h3-7,11-14,16-17H,8-10,15H2,1-2H3/t16-,17-/m0/s1. The molecule has 4 nitrogen and oxygen atoms in total. The lowest BCUT2D eigenvalue weighted by atomic mass is 9.98. The van der Waals surface area contributed by atoms with E-state index in [1.54, 1.807) is 0 Å². The molecule has 0 unspecified atom stereocenters. The number of rotatable bonds is 4. The number of amides is 1. The van der Waals surface area contributed by atoms with Crippen molar-refractivity contribution in [2.24, 2.45) is 0 Å². The van der Waals surface area contributed by atoms with Crippen molar-refractivity contribution < 1.29 is 4.79 Å². The summed E-state index contributed by atoms with van der Waals surface area (Å²) in [4.78, 5) is 19.8. The molecule has 4 rings (SSSR count). The third kappa shape index (κ3) is 3.61. The van der Waals surface area contributed by atoms with Crippen LogP contribution in [0.4, 0.5) is 0 Å². The topological polar surface area (TPSA) is 38.1 Å². The van der Waals surface area contributed by atoms with E-state index >= 15 is 0 Å². The Morgan fingerprint density at radius 3 is 2.44 bits per heavy atom. The van der Waals surface area contributed by atoms with Crippen LogP contribution < -0.4 is 0 Å². The van der Waals surface area contributed by atoms with Crippen LogP contribution in [0.1, 0.15) is 33.1 Å². The van der Waals surface area contributed by atoms with Crippen molar-refractivity contribution in [2.75, 3.05) is 5.75 Å². The van der Waals surface area contributed by atoms with Crippen molar-refractivity contribution in [2.45, 2.75) is 50.4 Å². The lowest BCUT2D eigenvalue weighted by Gasteiger charge is -2.39. The van der Waals surface area contributed by atoms with Gasteiger partial charge in [0.1, 0.15) is 0 Å². The first-order valence-electron chi connectivity index (χ1n) is 9.62. The predicted molar refractivity (Wildman–Crippen MR) is 111 cm³/mol. The van der Waals surface area contributed by atoms with Crippen LogP contribution in [0.3, 0.4) is 0 Å².